The average molecular weight is 242 g/mol. The number of nitrogens with one attached hydrogen (secondary N) is 1. The third-order valence-corrected chi connectivity index (χ3v) is 2.12. The Morgan fingerprint density at radius 3 is 2.29 bits per heavy atom. The SMILES string of the molecule is C=C(N[C@@H](CCN(C)C)C(C)=O)OC(C)(C)C. The molecule has 0 aromatic heterocycles. The van der Waals surface area contributed by atoms with Gasteiger partial charge >= 0.3 is 0 Å². The summed E-state index contributed by atoms with van der Waals surface area (Å²) in [5.41, 5.74) is -0.299. The first kappa shape index (κ1) is 16.0. The Morgan fingerprint density at radius 1 is 1.41 bits per heavy atom. The third-order valence-electron chi connectivity index (χ3n) is 2.12. The number of nitrogens with zero attached hydrogens (tertiary/aromatic N) is 1. The fourth-order valence-corrected chi connectivity index (χ4v) is 1.36. The first-order valence-electron chi connectivity index (χ1n) is 5.91. The molecule has 0 amide bonds. The Morgan fingerprint density at radius 2 is 1.94 bits per heavy atom. The van der Waals surface area contributed by atoms with E-state index < -0.39 is 0 Å². The van der Waals surface area contributed by atoms with Crippen molar-refractivity contribution in [2.45, 2.75) is 45.8 Å². The molecule has 0 aromatic rings. The van der Waals surface area contributed by atoms with Crippen molar-refractivity contribution in [2.75, 3.05) is 20.6 Å². The fourth-order valence-electron chi connectivity index (χ4n) is 1.36. The topological polar surface area (TPSA) is 41.6 Å². The van der Waals surface area contributed by atoms with Crippen molar-refractivity contribution in [1.29, 1.82) is 0 Å². The van der Waals surface area contributed by atoms with Crippen LogP contribution in [0.3, 0.4) is 0 Å². The standard InChI is InChI=1S/C13H26N2O2/c1-10(16)12(8-9-15(6)7)14-11(2)17-13(3,4)5/h12,14H,2,8-9H2,1,3-7H3/t12-/m0/s1. The highest BCUT2D eigenvalue weighted by Gasteiger charge is 2.18. The van der Waals surface area contributed by atoms with Crippen LogP contribution in [-0.2, 0) is 9.53 Å². The Labute approximate surface area is 105 Å². The lowest BCUT2D eigenvalue weighted by molar-refractivity contribution is -0.119. The van der Waals surface area contributed by atoms with Crippen molar-refractivity contribution in [1.82, 2.24) is 10.2 Å². The molecule has 0 aliphatic carbocycles. The predicted molar refractivity (Wildman–Crippen MR) is 70.8 cm³/mol. The second kappa shape index (κ2) is 6.64. The Kier molecular flexibility index (Phi) is 6.24. The normalized spacial score (nSPS) is 13.4. The smallest absolute Gasteiger partial charge is 0.180 e. The summed E-state index contributed by atoms with van der Waals surface area (Å²) in [5, 5.41) is 3.04. The number of hydrogen-bond donors (Lipinski definition) is 1. The van der Waals surface area contributed by atoms with E-state index in [-0.39, 0.29) is 17.4 Å². The average Bonchev–Trinajstić information content (AvgIpc) is 2.08. The van der Waals surface area contributed by atoms with Crippen LogP contribution in [0.5, 0.6) is 0 Å². The number of Topliss-reactive ketones (excluding diaryl/α,β-unsaturated/α-hetero) is 1. The Balaban J connectivity index is 4.26. The highest BCUT2D eigenvalue weighted by atomic mass is 16.5. The van der Waals surface area contributed by atoms with Gasteiger partial charge in [-0.2, -0.15) is 0 Å². The third kappa shape index (κ3) is 8.74. The van der Waals surface area contributed by atoms with E-state index in [2.05, 4.69) is 11.9 Å². The van der Waals surface area contributed by atoms with Gasteiger partial charge in [0.25, 0.3) is 0 Å². The van der Waals surface area contributed by atoms with E-state index in [1.165, 1.54) is 0 Å². The lowest BCUT2D eigenvalue weighted by Crippen LogP contribution is -2.39. The fraction of sp³-hybridized carbons (Fsp3) is 0.769. The van der Waals surface area contributed by atoms with E-state index in [4.69, 9.17) is 4.74 Å². The quantitative estimate of drug-likeness (QED) is 0.691. The molecule has 0 fully saturated rings. The lowest BCUT2D eigenvalue weighted by atomic mass is 10.1. The van der Waals surface area contributed by atoms with Gasteiger partial charge in [0.2, 0.25) is 0 Å². The van der Waals surface area contributed by atoms with E-state index in [1.54, 1.807) is 6.92 Å². The van der Waals surface area contributed by atoms with Crippen molar-refractivity contribution in [3.05, 3.63) is 12.5 Å². The molecule has 0 heterocycles. The molecule has 4 nitrogen and oxygen atoms in total. The maximum atomic E-state index is 11.5. The van der Waals surface area contributed by atoms with Gasteiger partial charge in [0.15, 0.2) is 11.7 Å². The van der Waals surface area contributed by atoms with Crippen molar-refractivity contribution < 1.29 is 9.53 Å². The molecule has 1 atom stereocenters. The summed E-state index contributed by atoms with van der Waals surface area (Å²) in [7, 11) is 3.97. The van der Waals surface area contributed by atoms with Gasteiger partial charge in [0, 0.05) is 0 Å². The van der Waals surface area contributed by atoms with Gasteiger partial charge in [-0.15, -0.1) is 0 Å². The lowest BCUT2D eigenvalue weighted by Gasteiger charge is -2.26. The van der Waals surface area contributed by atoms with Gasteiger partial charge < -0.3 is 15.0 Å². The van der Waals surface area contributed by atoms with Gasteiger partial charge in [-0.3, -0.25) is 4.79 Å². The largest absolute Gasteiger partial charge is 0.474 e. The molecule has 0 radical (unpaired) electrons. The molecule has 17 heavy (non-hydrogen) atoms. The van der Waals surface area contributed by atoms with E-state index in [1.807, 2.05) is 39.8 Å². The zero-order chi connectivity index (χ0) is 13.6. The highest BCUT2D eigenvalue weighted by molar-refractivity contribution is 5.81. The summed E-state index contributed by atoms with van der Waals surface area (Å²) >= 11 is 0. The minimum Gasteiger partial charge on any atom is -0.474 e. The van der Waals surface area contributed by atoms with Crippen LogP contribution in [-0.4, -0.2) is 43.0 Å². The molecule has 1 N–H and O–H groups in total. The maximum absolute atomic E-state index is 11.5. The molecule has 100 valence electrons. The van der Waals surface area contributed by atoms with Crippen molar-refractivity contribution >= 4 is 5.78 Å². The summed E-state index contributed by atoms with van der Waals surface area (Å²) in [5.74, 6) is 0.557. The first-order valence-corrected chi connectivity index (χ1v) is 5.91. The molecular weight excluding hydrogens is 216 g/mol. The van der Waals surface area contributed by atoms with E-state index in [9.17, 15) is 4.79 Å². The number of ketones is 1. The molecule has 0 aromatic carbocycles. The minimum atomic E-state index is -0.299. The van der Waals surface area contributed by atoms with Crippen LogP contribution in [0, 0.1) is 0 Å². The molecule has 0 aliphatic heterocycles. The minimum absolute atomic E-state index is 0.102. The molecule has 0 spiro atoms. The molecule has 0 unspecified atom stereocenters. The van der Waals surface area contributed by atoms with Crippen LogP contribution in [0.2, 0.25) is 0 Å². The van der Waals surface area contributed by atoms with Crippen LogP contribution in [0.15, 0.2) is 12.5 Å². The van der Waals surface area contributed by atoms with Crippen molar-refractivity contribution in [2.24, 2.45) is 0 Å². The van der Waals surface area contributed by atoms with E-state index in [0.717, 1.165) is 13.0 Å². The Hall–Kier alpha value is -1.03. The van der Waals surface area contributed by atoms with Crippen LogP contribution in [0.1, 0.15) is 34.1 Å². The van der Waals surface area contributed by atoms with E-state index >= 15 is 0 Å². The van der Waals surface area contributed by atoms with Gasteiger partial charge in [-0.05, 0) is 61.3 Å². The van der Waals surface area contributed by atoms with Gasteiger partial charge in [-0.1, -0.05) is 0 Å². The van der Waals surface area contributed by atoms with Crippen LogP contribution >= 0.6 is 0 Å². The van der Waals surface area contributed by atoms with Crippen molar-refractivity contribution in [3.63, 3.8) is 0 Å². The van der Waals surface area contributed by atoms with Crippen LogP contribution < -0.4 is 5.32 Å². The van der Waals surface area contributed by atoms with Crippen LogP contribution in [0.4, 0.5) is 0 Å². The van der Waals surface area contributed by atoms with Gasteiger partial charge in [-0.25, -0.2) is 0 Å². The zero-order valence-electron chi connectivity index (χ0n) is 12.0. The summed E-state index contributed by atoms with van der Waals surface area (Å²) in [6.45, 7) is 12.1. The number of rotatable bonds is 7. The number of carbonyl (C=O) groups is 1. The zero-order valence-corrected chi connectivity index (χ0v) is 12.0. The number of hydrogen-bond acceptors (Lipinski definition) is 4. The van der Waals surface area contributed by atoms with Crippen molar-refractivity contribution in [3.8, 4) is 0 Å². The number of carbonyl (C=O) groups excluding carboxylic acids is 1. The molecule has 0 bridgehead atoms. The molecule has 0 saturated heterocycles. The summed E-state index contributed by atoms with van der Waals surface area (Å²) in [4.78, 5) is 13.5. The number of ether oxygens (including phenoxy) is 1. The second-order valence-corrected chi connectivity index (χ2v) is 5.54. The molecule has 0 aliphatic rings. The van der Waals surface area contributed by atoms with Gasteiger partial charge in [0.1, 0.15) is 5.60 Å². The van der Waals surface area contributed by atoms with E-state index in [0.29, 0.717) is 5.88 Å². The summed E-state index contributed by atoms with van der Waals surface area (Å²) in [6, 6.07) is -0.229. The summed E-state index contributed by atoms with van der Waals surface area (Å²) < 4.78 is 5.55. The second-order valence-electron chi connectivity index (χ2n) is 5.54. The monoisotopic (exact) mass is 242 g/mol. The summed E-state index contributed by atoms with van der Waals surface area (Å²) in [6.07, 6.45) is 0.745. The molecular formula is C13H26N2O2. The first-order chi connectivity index (χ1) is 7.61. The molecule has 4 heteroatoms. The maximum Gasteiger partial charge on any atom is 0.180 e. The highest BCUT2D eigenvalue weighted by Crippen LogP contribution is 2.11. The van der Waals surface area contributed by atoms with Crippen LogP contribution in [0.25, 0.3) is 0 Å². The molecule has 0 rings (SSSR count). The Bertz CT molecular complexity index is 267. The molecule has 0 saturated carbocycles. The predicted octanol–water partition coefficient (Wildman–Crippen LogP) is 1.77. The van der Waals surface area contributed by atoms with Gasteiger partial charge in [0.05, 0.1) is 6.04 Å².